The van der Waals surface area contributed by atoms with Crippen LogP contribution in [0.15, 0.2) is 65.7 Å². The molecule has 0 aromatic heterocycles. The minimum atomic E-state index is -3.46. The molecular weight excluding hydrogens is 462 g/mol. The van der Waals surface area contributed by atoms with E-state index in [-0.39, 0.29) is 36.1 Å². The third-order valence-electron chi connectivity index (χ3n) is 5.04. The molecule has 1 aliphatic rings. The second-order valence-electron chi connectivity index (χ2n) is 7.57. The summed E-state index contributed by atoms with van der Waals surface area (Å²) < 4.78 is 29.1. The molecule has 3 rings (SSSR count). The van der Waals surface area contributed by atoms with Crippen LogP contribution in [0.4, 0.5) is 4.79 Å². The van der Waals surface area contributed by atoms with E-state index in [2.05, 4.69) is 16.1 Å². The Kier molecular flexibility index (Phi) is 8.50. The molecule has 0 aliphatic carbocycles. The molecular formula is C23H27N3O7S. The Balaban J connectivity index is 1.61. The maximum Gasteiger partial charge on any atom is 0.408 e. The quantitative estimate of drug-likeness (QED) is 0.393. The predicted molar refractivity (Wildman–Crippen MR) is 124 cm³/mol. The molecule has 0 saturated heterocycles. The summed E-state index contributed by atoms with van der Waals surface area (Å²) >= 11 is 0. The van der Waals surface area contributed by atoms with Crippen LogP contribution in [0, 0.1) is 0 Å². The Morgan fingerprint density at radius 2 is 1.82 bits per heavy atom. The van der Waals surface area contributed by atoms with Crippen LogP contribution >= 0.6 is 0 Å². The van der Waals surface area contributed by atoms with Gasteiger partial charge >= 0.3 is 6.09 Å². The maximum absolute atomic E-state index is 12.9. The molecule has 0 bridgehead atoms. The van der Waals surface area contributed by atoms with E-state index < -0.39 is 34.0 Å². The number of alkyl carbamates (subject to hydrolysis) is 1. The lowest BCUT2D eigenvalue weighted by atomic mass is 10.1. The number of nitrogens with one attached hydrogen (secondary N) is 3. The van der Waals surface area contributed by atoms with E-state index >= 15 is 0 Å². The average molecular weight is 490 g/mol. The number of aromatic hydroxyl groups is 1. The number of carbonyl (C=O) groups excluding carboxylic acids is 2. The highest BCUT2D eigenvalue weighted by Gasteiger charge is 2.27. The first-order valence-electron chi connectivity index (χ1n) is 10.7. The number of ether oxygens (including phenoxy) is 1. The van der Waals surface area contributed by atoms with Crippen LogP contribution in [0.2, 0.25) is 0 Å². The summed E-state index contributed by atoms with van der Waals surface area (Å²) in [5, 5.41) is 14.7. The number of sulfone groups is 1. The Hall–Kier alpha value is -3.57. The van der Waals surface area contributed by atoms with Crippen LogP contribution in [0.3, 0.4) is 0 Å². The second-order valence-corrected chi connectivity index (χ2v) is 9.81. The molecule has 34 heavy (non-hydrogen) atoms. The molecule has 2 aromatic rings. The van der Waals surface area contributed by atoms with Gasteiger partial charge in [0.25, 0.3) is 0 Å². The molecule has 0 radical (unpaired) electrons. The van der Waals surface area contributed by atoms with Crippen LogP contribution in [0.25, 0.3) is 0 Å². The fourth-order valence-corrected chi connectivity index (χ4v) is 3.95. The van der Waals surface area contributed by atoms with Crippen LogP contribution in [0.1, 0.15) is 18.1 Å². The van der Waals surface area contributed by atoms with Gasteiger partial charge in [0.15, 0.2) is 14.9 Å². The number of carbonyl (C=O) groups is 2. The minimum absolute atomic E-state index is 0.0125. The largest absolute Gasteiger partial charge is 0.508 e. The van der Waals surface area contributed by atoms with Gasteiger partial charge in [0.05, 0.1) is 12.3 Å². The van der Waals surface area contributed by atoms with E-state index in [1.807, 2.05) is 30.3 Å². The summed E-state index contributed by atoms with van der Waals surface area (Å²) in [5.74, 6) is -0.512. The monoisotopic (exact) mass is 489 g/mol. The first-order chi connectivity index (χ1) is 16.3. The van der Waals surface area contributed by atoms with Gasteiger partial charge in [0.2, 0.25) is 5.91 Å². The SMILES string of the molecule is CCS(=O)(=O)C1=CC(CNC(=O)[C@H](Cc2ccc(O)cc2)NC(=O)OCc2ccccc2)ON1. The van der Waals surface area contributed by atoms with Gasteiger partial charge in [-0.25, -0.2) is 13.2 Å². The van der Waals surface area contributed by atoms with Gasteiger partial charge in [-0.3, -0.25) is 15.1 Å². The topological polar surface area (TPSA) is 143 Å². The van der Waals surface area contributed by atoms with Gasteiger partial charge in [-0.2, -0.15) is 0 Å². The van der Waals surface area contributed by atoms with Crippen LogP contribution in [0.5, 0.6) is 5.75 Å². The van der Waals surface area contributed by atoms with Crippen molar-refractivity contribution in [3.63, 3.8) is 0 Å². The molecule has 10 nitrogen and oxygen atoms in total. The average Bonchev–Trinajstić information content (AvgIpc) is 3.33. The van der Waals surface area contributed by atoms with Crippen LogP contribution in [-0.2, 0) is 37.2 Å². The van der Waals surface area contributed by atoms with Crippen molar-refractivity contribution in [2.75, 3.05) is 12.3 Å². The highest BCUT2D eigenvalue weighted by atomic mass is 32.2. The van der Waals surface area contributed by atoms with E-state index in [1.54, 1.807) is 12.1 Å². The summed E-state index contributed by atoms with van der Waals surface area (Å²) in [6.45, 7) is 1.55. The van der Waals surface area contributed by atoms with Crippen molar-refractivity contribution >= 4 is 21.8 Å². The number of benzene rings is 2. The molecule has 0 fully saturated rings. The number of phenolic OH excluding ortho intramolecular Hbond substituents is 1. The van der Waals surface area contributed by atoms with Crippen molar-refractivity contribution in [2.24, 2.45) is 0 Å². The van der Waals surface area contributed by atoms with Crippen molar-refractivity contribution < 1.29 is 32.7 Å². The third-order valence-corrected chi connectivity index (χ3v) is 6.69. The molecule has 1 heterocycles. The Morgan fingerprint density at radius 3 is 2.50 bits per heavy atom. The second kappa shape index (κ2) is 11.5. The Labute approximate surface area is 197 Å². The van der Waals surface area contributed by atoms with Crippen molar-refractivity contribution in [1.82, 2.24) is 16.1 Å². The highest BCUT2D eigenvalue weighted by Crippen LogP contribution is 2.14. The van der Waals surface area contributed by atoms with E-state index in [9.17, 15) is 23.1 Å². The normalized spacial score (nSPS) is 16.1. The van der Waals surface area contributed by atoms with Gasteiger partial charge in [0.1, 0.15) is 24.5 Å². The molecule has 4 N–H and O–H groups in total. The zero-order chi connectivity index (χ0) is 24.6. The standard InChI is InChI=1S/C23H27N3O7S/c1-2-34(30,31)21-13-19(33-26-21)14-24-22(28)20(12-16-8-10-18(27)11-9-16)25-23(29)32-15-17-6-4-3-5-7-17/h3-11,13,19-20,26-27H,2,12,14-15H2,1H3,(H,24,28)(H,25,29)/t19?,20-/m0/s1. The van der Waals surface area contributed by atoms with Crippen molar-refractivity contribution in [2.45, 2.75) is 32.1 Å². The molecule has 2 aromatic carbocycles. The Morgan fingerprint density at radius 1 is 1.12 bits per heavy atom. The van der Waals surface area contributed by atoms with Gasteiger partial charge in [-0.1, -0.05) is 49.4 Å². The lowest BCUT2D eigenvalue weighted by Gasteiger charge is -2.19. The molecule has 0 spiro atoms. The van der Waals surface area contributed by atoms with Crippen LogP contribution in [-0.4, -0.2) is 50.0 Å². The number of hydrogen-bond acceptors (Lipinski definition) is 8. The Bertz CT molecular complexity index is 1120. The number of amides is 2. The minimum Gasteiger partial charge on any atom is -0.508 e. The van der Waals surface area contributed by atoms with E-state index in [0.29, 0.717) is 5.56 Å². The van der Waals surface area contributed by atoms with Gasteiger partial charge in [-0.05, 0) is 29.3 Å². The van der Waals surface area contributed by atoms with Gasteiger partial charge < -0.3 is 20.5 Å². The van der Waals surface area contributed by atoms with E-state index in [1.165, 1.54) is 25.1 Å². The van der Waals surface area contributed by atoms with E-state index in [4.69, 9.17) is 9.57 Å². The molecule has 2 atom stereocenters. The first kappa shape index (κ1) is 25.1. The summed E-state index contributed by atoms with van der Waals surface area (Å²) in [4.78, 5) is 30.4. The summed E-state index contributed by atoms with van der Waals surface area (Å²) in [6.07, 6.45) is 0.0643. The van der Waals surface area contributed by atoms with Crippen LogP contribution < -0.4 is 16.1 Å². The molecule has 11 heteroatoms. The predicted octanol–water partition coefficient (Wildman–Crippen LogP) is 1.53. The fraction of sp³-hybridized carbons (Fsp3) is 0.304. The number of hydrogen-bond donors (Lipinski definition) is 4. The number of rotatable bonds is 10. The zero-order valence-electron chi connectivity index (χ0n) is 18.6. The number of hydroxylamine groups is 1. The smallest absolute Gasteiger partial charge is 0.408 e. The molecule has 1 aliphatic heterocycles. The molecule has 0 saturated carbocycles. The van der Waals surface area contributed by atoms with Gasteiger partial charge in [0, 0.05) is 6.42 Å². The highest BCUT2D eigenvalue weighted by molar-refractivity contribution is 7.95. The van der Waals surface area contributed by atoms with Crippen molar-refractivity contribution in [3.8, 4) is 5.75 Å². The zero-order valence-corrected chi connectivity index (χ0v) is 19.4. The lowest BCUT2D eigenvalue weighted by Crippen LogP contribution is -2.49. The van der Waals surface area contributed by atoms with Crippen molar-refractivity contribution in [3.05, 3.63) is 76.8 Å². The summed E-state index contributed by atoms with van der Waals surface area (Å²) in [7, 11) is -3.46. The molecule has 1 unspecified atom stereocenters. The molecule has 182 valence electrons. The first-order valence-corrected chi connectivity index (χ1v) is 12.3. The molecule has 2 amide bonds. The van der Waals surface area contributed by atoms with E-state index in [0.717, 1.165) is 5.56 Å². The van der Waals surface area contributed by atoms with Gasteiger partial charge in [-0.15, -0.1) is 0 Å². The maximum atomic E-state index is 12.9. The lowest BCUT2D eigenvalue weighted by molar-refractivity contribution is -0.123. The fourth-order valence-electron chi connectivity index (χ4n) is 3.10. The summed E-state index contributed by atoms with van der Waals surface area (Å²) in [6, 6.07) is 14.4. The van der Waals surface area contributed by atoms with Crippen molar-refractivity contribution in [1.29, 1.82) is 0 Å². The number of phenols is 1. The summed E-state index contributed by atoms with van der Waals surface area (Å²) in [5.41, 5.74) is 3.87. The third kappa shape index (κ3) is 7.22.